The number of benzene rings is 3. The number of alkyl halides is 3. The number of carbonyl (C=O) groups is 1. The van der Waals surface area contributed by atoms with Crippen molar-refractivity contribution >= 4 is 28.9 Å². The Balaban J connectivity index is 1.35. The van der Waals surface area contributed by atoms with E-state index in [1.165, 1.54) is 11.6 Å². The lowest BCUT2D eigenvalue weighted by molar-refractivity contribution is -0.137. The molecule has 192 valence electrons. The van der Waals surface area contributed by atoms with Crippen molar-refractivity contribution in [3.8, 4) is 0 Å². The van der Waals surface area contributed by atoms with Crippen LogP contribution >= 0.6 is 11.6 Å². The van der Waals surface area contributed by atoms with E-state index in [2.05, 4.69) is 15.9 Å². The predicted molar refractivity (Wildman–Crippen MR) is 139 cm³/mol. The van der Waals surface area contributed by atoms with E-state index in [0.29, 0.717) is 43.3 Å². The van der Waals surface area contributed by atoms with Gasteiger partial charge in [-0.3, -0.25) is 4.79 Å². The largest absolute Gasteiger partial charge is 0.416 e. The molecule has 0 radical (unpaired) electrons. The molecule has 4 nitrogen and oxygen atoms in total. The van der Waals surface area contributed by atoms with Crippen LogP contribution in [0.5, 0.6) is 0 Å². The molecule has 3 aliphatic rings. The molecule has 3 aromatic rings. The topological polar surface area (TPSA) is 26.8 Å². The normalized spacial score (nSPS) is 21.2. The Kier molecular flexibility index (Phi) is 6.06. The number of amides is 1. The summed E-state index contributed by atoms with van der Waals surface area (Å²) in [7, 11) is 0. The fourth-order valence-electron chi connectivity index (χ4n) is 6.13. The van der Waals surface area contributed by atoms with Crippen molar-refractivity contribution in [2.24, 2.45) is 5.92 Å². The standard InChI is InChI=1S/C29H27ClF3N3O/c30-24-7-3-4-8-26(24)34-13-14-36-25-10-9-22(29(31,32)33)15-21(25)16-23(27(36)18-34)28(37)35-12-11-19-5-1-2-6-20(19)17-35/h1-10,15,23,27H,11-14,16-18H2. The van der Waals surface area contributed by atoms with Crippen molar-refractivity contribution in [2.45, 2.75) is 31.6 Å². The first-order valence-electron chi connectivity index (χ1n) is 12.6. The van der Waals surface area contributed by atoms with Crippen molar-refractivity contribution in [1.29, 1.82) is 0 Å². The summed E-state index contributed by atoms with van der Waals surface area (Å²) in [6, 6.07) is 19.6. The van der Waals surface area contributed by atoms with Gasteiger partial charge >= 0.3 is 6.18 Å². The second-order valence-electron chi connectivity index (χ2n) is 10.1. The Bertz CT molecular complexity index is 1340. The van der Waals surface area contributed by atoms with E-state index in [4.69, 9.17) is 11.6 Å². The van der Waals surface area contributed by atoms with E-state index in [9.17, 15) is 18.0 Å². The van der Waals surface area contributed by atoms with Gasteiger partial charge in [0, 0.05) is 38.4 Å². The second-order valence-corrected chi connectivity index (χ2v) is 10.5. The highest BCUT2D eigenvalue weighted by Crippen LogP contribution is 2.41. The van der Waals surface area contributed by atoms with E-state index in [0.717, 1.165) is 29.4 Å². The molecule has 8 heteroatoms. The number of carbonyl (C=O) groups excluding carboxylic acids is 1. The SMILES string of the molecule is O=C(C1Cc2cc(C(F)(F)F)ccc2N2CCN(c3ccccc3Cl)CC12)N1CCc2ccccc2C1. The lowest BCUT2D eigenvalue weighted by Gasteiger charge is -2.50. The van der Waals surface area contributed by atoms with Gasteiger partial charge in [0.25, 0.3) is 0 Å². The van der Waals surface area contributed by atoms with E-state index < -0.39 is 17.7 Å². The van der Waals surface area contributed by atoms with Crippen LogP contribution in [0.4, 0.5) is 24.5 Å². The number of hydrogen-bond donors (Lipinski definition) is 0. The molecule has 0 saturated carbocycles. The highest BCUT2D eigenvalue weighted by Gasteiger charge is 2.44. The van der Waals surface area contributed by atoms with Gasteiger partial charge in [-0.15, -0.1) is 0 Å². The molecule has 0 N–H and O–H groups in total. The third-order valence-electron chi connectivity index (χ3n) is 7.99. The van der Waals surface area contributed by atoms with Crippen LogP contribution in [-0.2, 0) is 30.4 Å². The van der Waals surface area contributed by atoms with Gasteiger partial charge < -0.3 is 14.7 Å². The highest BCUT2D eigenvalue weighted by molar-refractivity contribution is 6.33. The number of nitrogens with zero attached hydrogens (tertiary/aromatic N) is 3. The lowest BCUT2D eigenvalue weighted by Crippen LogP contribution is -2.61. The first-order valence-corrected chi connectivity index (χ1v) is 13.0. The van der Waals surface area contributed by atoms with Gasteiger partial charge in [0.2, 0.25) is 5.91 Å². The maximum absolute atomic E-state index is 14.1. The summed E-state index contributed by atoms with van der Waals surface area (Å²) >= 11 is 6.51. The molecule has 0 aromatic heterocycles. The Labute approximate surface area is 219 Å². The molecule has 1 saturated heterocycles. The second kappa shape index (κ2) is 9.28. The molecule has 3 aliphatic heterocycles. The van der Waals surface area contributed by atoms with E-state index in [-0.39, 0.29) is 18.4 Å². The molecule has 2 unspecified atom stereocenters. The van der Waals surface area contributed by atoms with Crippen LogP contribution in [0.25, 0.3) is 0 Å². The molecule has 1 fully saturated rings. The van der Waals surface area contributed by atoms with Crippen LogP contribution in [-0.4, -0.2) is 43.0 Å². The zero-order valence-corrected chi connectivity index (χ0v) is 21.0. The number of piperazine rings is 1. The van der Waals surface area contributed by atoms with Crippen LogP contribution in [0.3, 0.4) is 0 Å². The fraction of sp³-hybridized carbons (Fsp3) is 0.345. The van der Waals surface area contributed by atoms with Gasteiger partial charge in [0.1, 0.15) is 0 Å². The third kappa shape index (κ3) is 4.43. The number of rotatable bonds is 2. The molecule has 3 heterocycles. The summed E-state index contributed by atoms with van der Waals surface area (Å²) in [5, 5.41) is 0.650. The van der Waals surface area contributed by atoms with Crippen LogP contribution < -0.4 is 9.80 Å². The molecule has 1 amide bonds. The van der Waals surface area contributed by atoms with E-state index in [1.54, 1.807) is 6.07 Å². The van der Waals surface area contributed by atoms with Crippen molar-refractivity contribution in [3.05, 3.63) is 94.0 Å². The number of hydrogen-bond acceptors (Lipinski definition) is 3. The van der Waals surface area contributed by atoms with Crippen LogP contribution in [0, 0.1) is 5.92 Å². The first kappa shape index (κ1) is 24.2. The van der Waals surface area contributed by atoms with Gasteiger partial charge in [0.05, 0.1) is 28.2 Å². The zero-order chi connectivity index (χ0) is 25.7. The highest BCUT2D eigenvalue weighted by atomic mass is 35.5. The van der Waals surface area contributed by atoms with Crippen LogP contribution in [0.15, 0.2) is 66.7 Å². The fourth-order valence-corrected chi connectivity index (χ4v) is 6.38. The summed E-state index contributed by atoms with van der Waals surface area (Å²) in [5.74, 6) is -0.444. The van der Waals surface area contributed by atoms with Gasteiger partial charge in [0.15, 0.2) is 0 Å². The average molecular weight is 526 g/mol. The van der Waals surface area contributed by atoms with Crippen molar-refractivity contribution in [2.75, 3.05) is 36.0 Å². The maximum atomic E-state index is 14.1. The minimum Gasteiger partial charge on any atom is -0.366 e. The molecule has 0 spiro atoms. The minimum atomic E-state index is -4.43. The molecule has 0 bridgehead atoms. The monoisotopic (exact) mass is 525 g/mol. The Morgan fingerprint density at radius 1 is 0.865 bits per heavy atom. The maximum Gasteiger partial charge on any atom is 0.416 e. The Hall–Kier alpha value is -3.19. The number of fused-ring (bicyclic) bond motifs is 4. The van der Waals surface area contributed by atoms with Gasteiger partial charge in [-0.25, -0.2) is 0 Å². The average Bonchev–Trinajstić information content (AvgIpc) is 2.91. The van der Waals surface area contributed by atoms with Crippen molar-refractivity contribution < 1.29 is 18.0 Å². The quantitative estimate of drug-likeness (QED) is 0.422. The zero-order valence-electron chi connectivity index (χ0n) is 20.2. The molecular weight excluding hydrogens is 499 g/mol. The minimum absolute atomic E-state index is 0.00794. The van der Waals surface area contributed by atoms with Crippen molar-refractivity contribution in [3.63, 3.8) is 0 Å². The molecule has 6 rings (SSSR count). The molecule has 2 atom stereocenters. The van der Waals surface area contributed by atoms with Gasteiger partial charge in [-0.05, 0) is 59.9 Å². The number of anilines is 2. The van der Waals surface area contributed by atoms with Crippen LogP contribution in [0.1, 0.15) is 22.3 Å². The lowest BCUT2D eigenvalue weighted by atomic mass is 9.82. The Morgan fingerprint density at radius 2 is 1.62 bits per heavy atom. The Morgan fingerprint density at radius 3 is 2.41 bits per heavy atom. The number of para-hydroxylation sites is 1. The summed E-state index contributed by atoms with van der Waals surface area (Å²) in [5.41, 5.74) is 4.02. The molecule has 37 heavy (non-hydrogen) atoms. The van der Waals surface area contributed by atoms with E-state index >= 15 is 0 Å². The summed E-state index contributed by atoms with van der Waals surface area (Å²) < 4.78 is 40.6. The molecule has 3 aromatic carbocycles. The first-order chi connectivity index (χ1) is 17.8. The van der Waals surface area contributed by atoms with Gasteiger partial charge in [-0.2, -0.15) is 13.2 Å². The summed E-state index contributed by atoms with van der Waals surface area (Å²) in [6.45, 7) is 2.98. The molecular formula is C29H27ClF3N3O. The van der Waals surface area contributed by atoms with Crippen molar-refractivity contribution in [1.82, 2.24) is 4.90 Å². The van der Waals surface area contributed by atoms with E-state index in [1.807, 2.05) is 47.4 Å². The third-order valence-corrected chi connectivity index (χ3v) is 8.31. The predicted octanol–water partition coefficient (Wildman–Crippen LogP) is 5.81. The summed E-state index contributed by atoms with van der Waals surface area (Å²) in [4.78, 5) is 20.3. The molecule has 0 aliphatic carbocycles. The van der Waals surface area contributed by atoms with Gasteiger partial charge in [-0.1, -0.05) is 48.0 Å². The smallest absolute Gasteiger partial charge is 0.366 e. The summed E-state index contributed by atoms with van der Waals surface area (Å²) in [6.07, 6.45) is -3.36. The number of halogens is 4. The van der Waals surface area contributed by atoms with Crippen LogP contribution in [0.2, 0.25) is 5.02 Å².